The number of para-hydroxylation sites is 1. The largest absolute Gasteiger partial charge is 0.333 e. The summed E-state index contributed by atoms with van der Waals surface area (Å²) in [5.41, 5.74) is 1.52. The average Bonchev–Trinajstić information content (AvgIpc) is 3.35. The van der Waals surface area contributed by atoms with E-state index in [0.29, 0.717) is 6.42 Å². The third-order valence-electron chi connectivity index (χ3n) is 6.93. The van der Waals surface area contributed by atoms with Gasteiger partial charge in [0.05, 0.1) is 12.8 Å². The standard InChI is InChI=1S/C27H30N4O3/c1-18(2)14-22(30(4)24(32)15-19-10-6-5-7-11-19)25(33)31-17-27(16-23(31)28-3)20-12-8-9-13-21(20)29-26(27)34/h5-13,18,22-23H,14-17H2,1-2,4H3,(H,29,34)/t22-,23-,27-/m0/s1. The van der Waals surface area contributed by atoms with Gasteiger partial charge in [-0.1, -0.05) is 62.4 Å². The molecule has 2 aliphatic heterocycles. The second-order valence-electron chi connectivity index (χ2n) is 9.67. The maximum absolute atomic E-state index is 13.9. The van der Waals surface area contributed by atoms with E-state index in [2.05, 4.69) is 10.2 Å². The van der Waals surface area contributed by atoms with Gasteiger partial charge in [-0.2, -0.15) is 0 Å². The van der Waals surface area contributed by atoms with Gasteiger partial charge >= 0.3 is 6.17 Å². The molecule has 0 aromatic heterocycles. The van der Waals surface area contributed by atoms with Crippen molar-refractivity contribution in [1.82, 2.24) is 9.80 Å². The number of likely N-dealkylation sites (N-methyl/N-ethyl adjacent to an activating group) is 1. The van der Waals surface area contributed by atoms with Crippen molar-refractivity contribution in [2.24, 2.45) is 5.92 Å². The molecule has 3 atom stereocenters. The number of nitrogens with zero attached hydrogens (tertiary/aromatic N) is 3. The van der Waals surface area contributed by atoms with Gasteiger partial charge in [0.15, 0.2) is 0 Å². The Kier molecular flexibility index (Phi) is 6.43. The number of amides is 3. The lowest BCUT2D eigenvalue weighted by Crippen LogP contribution is -2.52. The summed E-state index contributed by atoms with van der Waals surface area (Å²) in [6, 6.07) is 16.2. The molecule has 1 saturated heterocycles. The fourth-order valence-electron chi connectivity index (χ4n) is 5.09. The van der Waals surface area contributed by atoms with Crippen LogP contribution in [-0.2, 0) is 26.2 Å². The Morgan fingerprint density at radius 3 is 2.53 bits per heavy atom. The maximum Gasteiger partial charge on any atom is 0.302 e. The van der Waals surface area contributed by atoms with Crippen molar-refractivity contribution < 1.29 is 14.4 Å². The summed E-state index contributed by atoms with van der Waals surface area (Å²) in [6.45, 7) is 11.9. The summed E-state index contributed by atoms with van der Waals surface area (Å²) in [4.78, 5) is 46.8. The molecule has 0 aliphatic carbocycles. The molecular weight excluding hydrogens is 428 g/mol. The number of carbonyl (C=O) groups is 3. The van der Waals surface area contributed by atoms with Gasteiger partial charge in [-0.25, -0.2) is 6.57 Å². The van der Waals surface area contributed by atoms with Crippen LogP contribution in [0.5, 0.6) is 0 Å². The first kappa shape index (κ1) is 23.5. The van der Waals surface area contributed by atoms with Gasteiger partial charge in [0.25, 0.3) is 5.91 Å². The molecule has 2 aromatic rings. The third-order valence-corrected chi connectivity index (χ3v) is 6.93. The maximum atomic E-state index is 13.9. The minimum Gasteiger partial charge on any atom is -0.333 e. The van der Waals surface area contributed by atoms with E-state index in [0.717, 1.165) is 16.8 Å². The fraction of sp³-hybridized carbons (Fsp3) is 0.407. The smallest absolute Gasteiger partial charge is 0.302 e. The zero-order valence-electron chi connectivity index (χ0n) is 19.8. The van der Waals surface area contributed by atoms with Crippen LogP contribution < -0.4 is 5.32 Å². The minimum absolute atomic E-state index is 0.136. The van der Waals surface area contributed by atoms with Crippen LogP contribution in [0.25, 0.3) is 4.85 Å². The zero-order valence-corrected chi connectivity index (χ0v) is 19.8. The zero-order chi connectivity index (χ0) is 24.5. The SMILES string of the molecule is [C-]#[N+][C@@H]1C[C@@]2(CN1C(=O)[C@H](CC(C)C)N(C)C(=O)Cc1ccccc1)C(=O)Nc1ccccc12. The number of carbonyl (C=O) groups excluding carboxylic acids is 3. The van der Waals surface area contributed by atoms with E-state index in [9.17, 15) is 14.4 Å². The molecule has 1 fully saturated rings. The Hall–Kier alpha value is -3.66. The number of fused-ring (bicyclic) bond motifs is 2. The molecule has 2 heterocycles. The van der Waals surface area contributed by atoms with Crippen molar-refractivity contribution in [2.75, 3.05) is 18.9 Å². The Labute approximate surface area is 200 Å². The first-order valence-corrected chi connectivity index (χ1v) is 11.6. The molecule has 7 heteroatoms. The van der Waals surface area contributed by atoms with Crippen molar-refractivity contribution in [2.45, 2.75) is 50.7 Å². The number of anilines is 1. The van der Waals surface area contributed by atoms with Crippen molar-refractivity contribution in [3.8, 4) is 0 Å². The Balaban J connectivity index is 1.61. The predicted molar refractivity (Wildman–Crippen MR) is 130 cm³/mol. The van der Waals surface area contributed by atoms with E-state index in [4.69, 9.17) is 6.57 Å². The van der Waals surface area contributed by atoms with E-state index in [1.54, 1.807) is 7.05 Å². The molecule has 2 aliphatic rings. The summed E-state index contributed by atoms with van der Waals surface area (Å²) in [5.74, 6) is -0.430. The number of hydrogen-bond acceptors (Lipinski definition) is 3. The molecule has 0 bridgehead atoms. The summed E-state index contributed by atoms with van der Waals surface area (Å²) in [6.07, 6.45) is 0.177. The number of nitrogens with one attached hydrogen (secondary N) is 1. The third kappa shape index (κ3) is 4.16. The molecule has 34 heavy (non-hydrogen) atoms. The highest BCUT2D eigenvalue weighted by Crippen LogP contribution is 2.46. The summed E-state index contributed by atoms with van der Waals surface area (Å²) in [5, 5.41) is 2.92. The first-order chi connectivity index (χ1) is 16.3. The van der Waals surface area contributed by atoms with Gasteiger partial charge in [0.1, 0.15) is 11.5 Å². The fourth-order valence-corrected chi connectivity index (χ4v) is 5.09. The minimum atomic E-state index is -0.934. The van der Waals surface area contributed by atoms with Gasteiger partial charge in [-0.15, -0.1) is 0 Å². The van der Waals surface area contributed by atoms with Gasteiger partial charge in [-0.05, 0) is 29.5 Å². The van der Waals surface area contributed by atoms with Crippen LogP contribution in [0.15, 0.2) is 54.6 Å². The number of likely N-dealkylation sites (tertiary alicyclic amines) is 1. The van der Waals surface area contributed by atoms with Crippen molar-refractivity contribution in [3.05, 3.63) is 77.1 Å². The second-order valence-corrected chi connectivity index (χ2v) is 9.67. The number of hydrogen-bond donors (Lipinski definition) is 1. The van der Waals surface area contributed by atoms with Crippen LogP contribution in [-0.4, -0.2) is 53.3 Å². The quantitative estimate of drug-likeness (QED) is 0.674. The van der Waals surface area contributed by atoms with E-state index in [-0.39, 0.29) is 43.0 Å². The van der Waals surface area contributed by atoms with E-state index >= 15 is 0 Å². The molecule has 4 rings (SSSR count). The second kappa shape index (κ2) is 9.30. The topological polar surface area (TPSA) is 74.1 Å². The van der Waals surface area contributed by atoms with E-state index in [1.807, 2.05) is 68.4 Å². The normalized spacial score (nSPS) is 21.8. The molecule has 2 aromatic carbocycles. The van der Waals surface area contributed by atoms with Crippen LogP contribution in [0.3, 0.4) is 0 Å². The van der Waals surface area contributed by atoms with Crippen LogP contribution in [0.4, 0.5) is 5.69 Å². The van der Waals surface area contributed by atoms with Crippen LogP contribution >= 0.6 is 0 Å². The van der Waals surface area contributed by atoms with Crippen LogP contribution in [0.1, 0.15) is 37.8 Å². The summed E-state index contributed by atoms with van der Waals surface area (Å²) >= 11 is 0. The van der Waals surface area contributed by atoms with Gasteiger partial charge in [0, 0.05) is 19.3 Å². The van der Waals surface area contributed by atoms with Crippen LogP contribution in [0.2, 0.25) is 0 Å². The van der Waals surface area contributed by atoms with Gasteiger partial charge in [-0.3, -0.25) is 24.1 Å². The van der Waals surface area contributed by atoms with E-state index < -0.39 is 17.6 Å². The molecule has 7 nitrogen and oxygen atoms in total. The number of rotatable bonds is 6. The van der Waals surface area contributed by atoms with Crippen molar-refractivity contribution >= 4 is 23.4 Å². The molecule has 1 spiro atoms. The lowest BCUT2D eigenvalue weighted by atomic mass is 9.80. The average molecular weight is 459 g/mol. The monoisotopic (exact) mass is 458 g/mol. The van der Waals surface area contributed by atoms with Crippen LogP contribution in [0, 0.1) is 12.5 Å². The highest BCUT2D eigenvalue weighted by molar-refractivity contribution is 6.07. The van der Waals surface area contributed by atoms with Gasteiger partial charge < -0.3 is 10.2 Å². The first-order valence-electron chi connectivity index (χ1n) is 11.6. The lowest BCUT2D eigenvalue weighted by molar-refractivity contribution is -0.145. The number of benzene rings is 2. The summed E-state index contributed by atoms with van der Waals surface area (Å²) in [7, 11) is 1.66. The molecule has 0 unspecified atom stereocenters. The van der Waals surface area contributed by atoms with E-state index in [1.165, 1.54) is 9.80 Å². The van der Waals surface area contributed by atoms with Gasteiger partial charge in [0.2, 0.25) is 11.8 Å². The molecule has 0 radical (unpaired) electrons. The molecule has 3 amide bonds. The van der Waals surface area contributed by atoms with Crippen molar-refractivity contribution in [1.29, 1.82) is 0 Å². The molecular formula is C27H30N4O3. The van der Waals surface area contributed by atoms with Crippen molar-refractivity contribution in [3.63, 3.8) is 0 Å². The molecule has 176 valence electrons. The Morgan fingerprint density at radius 1 is 1.18 bits per heavy atom. The molecule has 1 N–H and O–H groups in total. The Bertz CT molecular complexity index is 1140. The Morgan fingerprint density at radius 2 is 1.85 bits per heavy atom. The lowest BCUT2D eigenvalue weighted by Gasteiger charge is -2.32. The highest BCUT2D eigenvalue weighted by Gasteiger charge is 2.59. The molecule has 0 saturated carbocycles. The predicted octanol–water partition coefficient (Wildman–Crippen LogP) is 3.47. The summed E-state index contributed by atoms with van der Waals surface area (Å²) < 4.78 is 0. The highest BCUT2D eigenvalue weighted by atomic mass is 16.2.